The second-order valence-electron chi connectivity index (χ2n) is 4.92. The number of halogens is 2. The fourth-order valence-electron chi connectivity index (χ4n) is 1.89. The topological polar surface area (TPSA) is 83.5 Å². The highest BCUT2D eigenvalue weighted by Crippen LogP contribution is 2.31. The molecule has 0 heterocycles. The molecule has 0 aliphatic heterocycles. The van der Waals surface area contributed by atoms with Gasteiger partial charge >= 0.3 is 5.97 Å². The van der Waals surface area contributed by atoms with E-state index in [9.17, 15) is 13.2 Å². The van der Waals surface area contributed by atoms with E-state index in [1.54, 1.807) is 0 Å². The van der Waals surface area contributed by atoms with Gasteiger partial charge in [-0.2, -0.15) is 0 Å². The molecule has 1 atom stereocenters. The van der Waals surface area contributed by atoms with Crippen LogP contribution in [0.4, 0.5) is 0 Å². The number of nitrogens with one attached hydrogen (secondary N) is 1. The van der Waals surface area contributed by atoms with Crippen molar-refractivity contribution in [1.29, 1.82) is 0 Å². The van der Waals surface area contributed by atoms with Crippen LogP contribution in [0.1, 0.15) is 37.6 Å². The number of carbonyl (C=O) groups is 1. The number of carboxylic acids is 1. The van der Waals surface area contributed by atoms with E-state index in [1.165, 1.54) is 12.1 Å². The van der Waals surface area contributed by atoms with Crippen molar-refractivity contribution in [2.24, 2.45) is 5.92 Å². The van der Waals surface area contributed by atoms with Crippen molar-refractivity contribution in [2.45, 2.75) is 38.1 Å². The molecule has 1 rings (SSSR count). The van der Waals surface area contributed by atoms with Crippen LogP contribution in [-0.2, 0) is 10.0 Å². The zero-order valence-electron chi connectivity index (χ0n) is 11.9. The molecule has 21 heavy (non-hydrogen) atoms. The summed E-state index contributed by atoms with van der Waals surface area (Å²) in [4.78, 5) is 10.8. The lowest BCUT2D eigenvalue weighted by molar-refractivity contribution is 0.0697. The largest absolute Gasteiger partial charge is 0.478 e. The number of carboxylic acid groups (broad SMARTS) is 1. The van der Waals surface area contributed by atoms with Crippen LogP contribution in [0.15, 0.2) is 17.0 Å². The summed E-state index contributed by atoms with van der Waals surface area (Å²) < 4.78 is 27.3. The first-order valence-corrected chi connectivity index (χ1v) is 8.59. The van der Waals surface area contributed by atoms with Gasteiger partial charge in [-0.15, -0.1) is 0 Å². The minimum atomic E-state index is -3.92. The normalized spacial score (nSPS) is 13.4. The lowest BCUT2D eigenvalue weighted by atomic mass is 10.0. The minimum absolute atomic E-state index is 0.0924. The molecule has 118 valence electrons. The fourth-order valence-corrected chi connectivity index (χ4v) is 4.28. The smallest absolute Gasteiger partial charge is 0.338 e. The number of rotatable bonds is 6. The molecule has 2 N–H and O–H groups in total. The van der Waals surface area contributed by atoms with E-state index >= 15 is 0 Å². The van der Waals surface area contributed by atoms with Crippen molar-refractivity contribution in [2.75, 3.05) is 0 Å². The van der Waals surface area contributed by atoms with Crippen molar-refractivity contribution >= 4 is 39.2 Å². The summed E-state index contributed by atoms with van der Waals surface area (Å²) in [5, 5.41) is 8.57. The molecule has 0 saturated heterocycles. The molecule has 1 aromatic carbocycles. The van der Waals surface area contributed by atoms with Crippen molar-refractivity contribution < 1.29 is 18.3 Å². The Kier molecular flexibility index (Phi) is 6.04. The van der Waals surface area contributed by atoms with E-state index < -0.39 is 21.6 Å². The Bertz CT molecular complexity index is 644. The van der Waals surface area contributed by atoms with Gasteiger partial charge in [0.15, 0.2) is 0 Å². The van der Waals surface area contributed by atoms with E-state index in [0.29, 0.717) is 6.42 Å². The van der Waals surface area contributed by atoms with E-state index in [2.05, 4.69) is 4.72 Å². The van der Waals surface area contributed by atoms with Crippen LogP contribution in [0, 0.1) is 5.92 Å². The lowest BCUT2D eigenvalue weighted by Crippen LogP contribution is -2.38. The van der Waals surface area contributed by atoms with E-state index in [0.717, 1.165) is 0 Å². The molecule has 0 fully saturated rings. The standard InChI is InChI=1S/C13H17Cl2NO4S/c1-4-9(7(2)3)16-21(19,20)10-6-5-8(14)11(12(10)15)13(17)18/h5-7,9,16H,4H2,1-3H3,(H,17,18). The maximum atomic E-state index is 12.4. The molecular formula is C13H17Cl2NO4S. The third kappa shape index (κ3) is 4.10. The Morgan fingerprint density at radius 2 is 1.90 bits per heavy atom. The zero-order chi connectivity index (χ0) is 16.4. The molecule has 0 bridgehead atoms. The third-order valence-corrected chi connectivity index (χ3v) is 5.46. The number of hydrogen-bond acceptors (Lipinski definition) is 3. The van der Waals surface area contributed by atoms with Crippen LogP contribution in [0.25, 0.3) is 0 Å². The van der Waals surface area contributed by atoms with Crippen LogP contribution in [0.5, 0.6) is 0 Å². The van der Waals surface area contributed by atoms with Gasteiger partial charge in [-0.3, -0.25) is 0 Å². The molecule has 8 heteroatoms. The monoisotopic (exact) mass is 353 g/mol. The fraction of sp³-hybridized carbons (Fsp3) is 0.462. The molecular weight excluding hydrogens is 337 g/mol. The molecule has 0 spiro atoms. The summed E-state index contributed by atoms with van der Waals surface area (Å²) in [6, 6.07) is 2.14. The van der Waals surface area contributed by atoms with Gasteiger partial charge in [0, 0.05) is 6.04 Å². The number of hydrogen-bond donors (Lipinski definition) is 2. The van der Waals surface area contributed by atoms with Crippen molar-refractivity contribution in [3.05, 3.63) is 27.7 Å². The van der Waals surface area contributed by atoms with E-state index in [-0.39, 0.29) is 26.9 Å². The van der Waals surface area contributed by atoms with Gasteiger partial charge in [-0.05, 0) is 24.5 Å². The van der Waals surface area contributed by atoms with Crippen molar-refractivity contribution in [3.63, 3.8) is 0 Å². The second kappa shape index (κ2) is 6.96. The molecule has 0 amide bonds. The van der Waals surface area contributed by atoms with Gasteiger partial charge in [-0.25, -0.2) is 17.9 Å². The average molecular weight is 354 g/mol. The summed E-state index contributed by atoms with van der Waals surface area (Å²) in [5.74, 6) is -1.28. The van der Waals surface area contributed by atoms with Crippen LogP contribution < -0.4 is 4.72 Å². The number of benzene rings is 1. The van der Waals surface area contributed by atoms with Gasteiger partial charge < -0.3 is 5.11 Å². The Hall–Kier alpha value is -0.820. The molecule has 1 unspecified atom stereocenters. The van der Waals surface area contributed by atoms with Crippen LogP contribution in [-0.4, -0.2) is 25.5 Å². The Morgan fingerprint density at radius 3 is 2.33 bits per heavy atom. The SMILES string of the molecule is CCC(NS(=O)(=O)c1ccc(Cl)c(C(=O)O)c1Cl)C(C)C. The van der Waals surface area contributed by atoms with E-state index in [1.807, 2.05) is 20.8 Å². The molecule has 0 aromatic heterocycles. The van der Waals surface area contributed by atoms with Crippen LogP contribution in [0.2, 0.25) is 10.0 Å². The second-order valence-corrected chi connectivity index (χ2v) is 7.39. The first-order chi connectivity index (χ1) is 9.61. The third-order valence-electron chi connectivity index (χ3n) is 3.11. The molecule has 0 saturated carbocycles. The quantitative estimate of drug-likeness (QED) is 0.820. The summed E-state index contributed by atoms with van der Waals surface area (Å²) in [6.07, 6.45) is 0.605. The number of sulfonamides is 1. The summed E-state index contributed by atoms with van der Waals surface area (Å²) in [7, 11) is -3.92. The average Bonchev–Trinajstić information content (AvgIpc) is 2.34. The molecule has 1 aromatic rings. The van der Waals surface area contributed by atoms with Gasteiger partial charge in [0.2, 0.25) is 10.0 Å². The highest BCUT2D eigenvalue weighted by Gasteiger charge is 2.27. The highest BCUT2D eigenvalue weighted by molar-refractivity contribution is 7.89. The predicted molar refractivity (Wildman–Crippen MR) is 82.7 cm³/mol. The van der Waals surface area contributed by atoms with Crippen LogP contribution >= 0.6 is 23.2 Å². The Labute approximate surface area is 134 Å². The van der Waals surface area contributed by atoms with Gasteiger partial charge in [-0.1, -0.05) is 44.0 Å². The maximum Gasteiger partial charge on any atom is 0.338 e. The van der Waals surface area contributed by atoms with E-state index in [4.69, 9.17) is 28.3 Å². The van der Waals surface area contributed by atoms with Gasteiger partial charge in [0.05, 0.1) is 15.6 Å². The van der Waals surface area contributed by atoms with Gasteiger partial charge in [0.25, 0.3) is 0 Å². The van der Waals surface area contributed by atoms with Crippen LogP contribution in [0.3, 0.4) is 0 Å². The first kappa shape index (κ1) is 18.2. The minimum Gasteiger partial charge on any atom is -0.478 e. The Morgan fingerprint density at radius 1 is 1.33 bits per heavy atom. The maximum absolute atomic E-state index is 12.4. The highest BCUT2D eigenvalue weighted by atomic mass is 35.5. The van der Waals surface area contributed by atoms with Gasteiger partial charge in [0.1, 0.15) is 4.90 Å². The lowest BCUT2D eigenvalue weighted by Gasteiger charge is -2.21. The van der Waals surface area contributed by atoms with Crippen molar-refractivity contribution in [3.8, 4) is 0 Å². The molecule has 0 aliphatic rings. The zero-order valence-corrected chi connectivity index (χ0v) is 14.2. The summed E-state index contributed by atoms with van der Waals surface area (Å²) >= 11 is 11.7. The Balaban J connectivity index is 3.33. The summed E-state index contributed by atoms with van der Waals surface area (Å²) in [6.45, 7) is 5.64. The first-order valence-electron chi connectivity index (χ1n) is 6.35. The molecule has 0 radical (unpaired) electrons. The van der Waals surface area contributed by atoms with Crippen molar-refractivity contribution in [1.82, 2.24) is 4.72 Å². The number of aromatic carboxylic acids is 1. The summed E-state index contributed by atoms with van der Waals surface area (Å²) in [5.41, 5.74) is -0.418. The molecule has 0 aliphatic carbocycles. The molecule has 5 nitrogen and oxygen atoms in total. The predicted octanol–water partition coefficient (Wildman–Crippen LogP) is 3.40.